The molecule has 0 bridgehead atoms. The summed E-state index contributed by atoms with van der Waals surface area (Å²) in [6.45, 7) is 2.16. The molecule has 0 spiro atoms. The van der Waals surface area contributed by atoms with Crippen LogP contribution in [0.3, 0.4) is 0 Å². The molecule has 82 valence electrons. The van der Waals surface area contributed by atoms with Gasteiger partial charge >= 0.3 is 5.97 Å². The number of carboxylic acids is 1. The summed E-state index contributed by atoms with van der Waals surface area (Å²) >= 11 is 0. The Balaban J connectivity index is 2.47. The number of carboxylic acid groups (broad SMARTS) is 1. The summed E-state index contributed by atoms with van der Waals surface area (Å²) in [6, 6.07) is 6.97. The molecule has 0 amide bonds. The zero-order valence-electron chi connectivity index (χ0n) is 8.86. The van der Waals surface area contributed by atoms with E-state index in [1.807, 2.05) is 24.3 Å². The third-order valence-corrected chi connectivity index (χ3v) is 2.14. The average Bonchev–Trinajstić information content (AvgIpc) is 2.26. The van der Waals surface area contributed by atoms with Crippen LogP contribution in [0.4, 0.5) is 0 Å². The van der Waals surface area contributed by atoms with Crippen LogP contribution in [0.5, 0.6) is 5.75 Å². The summed E-state index contributed by atoms with van der Waals surface area (Å²) in [5.41, 5.74) is 1.03. The Bertz CT molecular complexity index is 321. The molecule has 0 unspecified atom stereocenters. The van der Waals surface area contributed by atoms with Crippen LogP contribution in [-0.4, -0.2) is 24.2 Å². The summed E-state index contributed by atoms with van der Waals surface area (Å²) in [5.74, 6) is -0.0476. The summed E-state index contributed by atoms with van der Waals surface area (Å²) in [6.07, 6.45) is 0. The van der Waals surface area contributed by atoms with Crippen molar-refractivity contribution in [1.82, 2.24) is 5.32 Å². The van der Waals surface area contributed by atoms with E-state index in [0.29, 0.717) is 6.54 Å². The molecule has 4 nitrogen and oxygen atoms in total. The molecule has 2 N–H and O–H groups in total. The van der Waals surface area contributed by atoms with Gasteiger partial charge in [0.25, 0.3) is 0 Å². The lowest BCUT2D eigenvalue weighted by molar-refractivity contribution is -0.139. The molecule has 0 radical (unpaired) electrons. The van der Waals surface area contributed by atoms with Crippen molar-refractivity contribution in [3.8, 4) is 5.75 Å². The lowest BCUT2D eigenvalue weighted by Gasteiger charge is -2.09. The SMILES string of the molecule is COc1ccc(CN[C@H](C)C(=O)O)cc1. The van der Waals surface area contributed by atoms with Crippen LogP contribution >= 0.6 is 0 Å². The molecule has 15 heavy (non-hydrogen) atoms. The number of rotatable bonds is 5. The highest BCUT2D eigenvalue weighted by Gasteiger charge is 2.08. The van der Waals surface area contributed by atoms with Gasteiger partial charge in [0.05, 0.1) is 7.11 Å². The molecule has 0 heterocycles. The van der Waals surface area contributed by atoms with Gasteiger partial charge in [-0.15, -0.1) is 0 Å². The molecule has 0 aromatic heterocycles. The van der Waals surface area contributed by atoms with E-state index in [1.54, 1.807) is 14.0 Å². The minimum Gasteiger partial charge on any atom is -0.497 e. The fraction of sp³-hybridized carbons (Fsp3) is 0.364. The maximum absolute atomic E-state index is 10.5. The topological polar surface area (TPSA) is 58.6 Å². The number of hydrogen-bond acceptors (Lipinski definition) is 3. The van der Waals surface area contributed by atoms with Crippen LogP contribution in [0.25, 0.3) is 0 Å². The Labute approximate surface area is 88.9 Å². The highest BCUT2D eigenvalue weighted by atomic mass is 16.5. The van der Waals surface area contributed by atoms with Crippen LogP contribution in [0.1, 0.15) is 12.5 Å². The van der Waals surface area contributed by atoms with Gasteiger partial charge in [-0.25, -0.2) is 0 Å². The Kier molecular flexibility index (Phi) is 4.12. The second-order valence-electron chi connectivity index (χ2n) is 3.29. The fourth-order valence-electron chi connectivity index (χ4n) is 1.10. The number of aliphatic carboxylic acids is 1. The summed E-state index contributed by atoms with van der Waals surface area (Å²) in [4.78, 5) is 10.5. The number of hydrogen-bond donors (Lipinski definition) is 2. The molecule has 4 heteroatoms. The Morgan fingerprint density at radius 1 is 1.47 bits per heavy atom. The molecular weight excluding hydrogens is 194 g/mol. The Morgan fingerprint density at radius 2 is 2.07 bits per heavy atom. The highest BCUT2D eigenvalue weighted by molar-refractivity contribution is 5.72. The van der Waals surface area contributed by atoms with Gasteiger partial charge in [0.2, 0.25) is 0 Å². The first-order chi connectivity index (χ1) is 7.13. The van der Waals surface area contributed by atoms with Crippen LogP contribution in [0, 0.1) is 0 Å². The molecular formula is C11H15NO3. The lowest BCUT2D eigenvalue weighted by Crippen LogP contribution is -2.33. The molecule has 0 saturated carbocycles. The quantitative estimate of drug-likeness (QED) is 0.766. The van der Waals surface area contributed by atoms with E-state index in [1.165, 1.54) is 0 Å². The number of benzene rings is 1. The average molecular weight is 209 g/mol. The molecule has 1 aromatic carbocycles. The van der Waals surface area contributed by atoms with Gasteiger partial charge in [-0.2, -0.15) is 0 Å². The zero-order chi connectivity index (χ0) is 11.3. The molecule has 0 aliphatic heterocycles. The van der Waals surface area contributed by atoms with Gasteiger partial charge in [0.1, 0.15) is 11.8 Å². The van der Waals surface area contributed by atoms with Crippen LogP contribution < -0.4 is 10.1 Å². The second kappa shape index (κ2) is 5.36. The predicted molar refractivity (Wildman–Crippen MR) is 56.9 cm³/mol. The van der Waals surface area contributed by atoms with Crippen molar-refractivity contribution in [3.05, 3.63) is 29.8 Å². The lowest BCUT2D eigenvalue weighted by atomic mass is 10.2. The first-order valence-corrected chi connectivity index (χ1v) is 4.72. The van der Waals surface area contributed by atoms with E-state index < -0.39 is 12.0 Å². The van der Waals surface area contributed by atoms with Crippen LogP contribution in [-0.2, 0) is 11.3 Å². The van der Waals surface area contributed by atoms with Gasteiger partial charge in [0, 0.05) is 6.54 Å². The predicted octanol–water partition coefficient (Wildman–Crippen LogP) is 1.26. The Morgan fingerprint density at radius 3 is 2.53 bits per heavy atom. The number of ether oxygens (including phenoxy) is 1. The van der Waals surface area contributed by atoms with E-state index in [9.17, 15) is 4.79 Å². The van der Waals surface area contributed by atoms with Crippen molar-refractivity contribution in [1.29, 1.82) is 0 Å². The molecule has 0 aliphatic rings. The minimum atomic E-state index is -0.844. The van der Waals surface area contributed by atoms with Crippen molar-refractivity contribution in [3.63, 3.8) is 0 Å². The standard InChI is InChI=1S/C11H15NO3/c1-8(11(13)14)12-7-9-3-5-10(15-2)6-4-9/h3-6,8,12H,7H2,1-2H3,(H,13,14)/t8-/m1/s1. The fourth-order valence-corrected chi connectivity index (χ4v) is 1.10. The van der Waals surface area contributed by atoms with E-state index in [0.717, 1.165) is 11.3 Å². The third-order valence-electron chi connectivity index (χ3n) is 2.14. The van der Waals surface area contributed by atoms with Crippen molar-refractivity contribution in [2.75, 3.05) is 7.11 Å². The molecule has 0 fully saturated rings. The first-order valence-electron chi connectivity index (χ1n) is 4.72. The number of carbonyl (C=O) groups is 1. The largest absolute Gasteiger partial charge is 0.497 e. The Hall–Kier alpha value is -1.55. The molecule has 1 aromatic rings. The van der Waals surface area contributed by atoms with Crippen molar-refractivity contribution < 1.29 is 14.6 Å². The van der Waals surface area contributed by atoms with Gasteiger partial charge in [0.15, 0.2) is 0 Å². The molecule has 0 saturated heterocycles. The number of methoxy groups -OCH3 is 1. The number of nitrogens with one attached hydrogen (secondary N) is 1. The summed E-state index contributed by atoms with van der Waals surface area (Å²) < 4.78 is 5.02. The smallest absolute Gasteiger partial charge is 0.320 e. The minimum absolute atomic E-state index is 0.535. The van der Waals surface area contributed by atoms with E-state index in [2.05, 4.69) is 5.32 Å². The van der Waals surface area contributed by atoms with Gasteiger partial charge in [-0.1, -0.05) is 12.1 Å². The maximum Gasteiger partial charge on any atom is 0.320 e. The van der Waals surface area contributed by atoms with Crippen molar-refractivity contribution >= 4 is 5.97 Å². The van der Waals surface area contributed by atoms with E-state index in [-0.39, 0.29) is 0 Å². The monoisotopic (exact) mass is 209 g/mol. The van der Waals surface area contributed by atoms with Crippen molar-refractivity contribution in [2.24, 2.45) is 0 Å². The van der Waals surface area contributed by atoms with Crippen LogP contribution in [0.15, 0.2) is 24.3 Å². The normalized spacial score (nSPS) is 12.1. The maximum atomic E-state index is 10.5. The summed E-state index contributed by atoms with van der Waals surface area (Å²) in [5, 5.41) is 11.6. The molecule has 0 aliphatic carbocycles. The van der Waals surface area contributed by atoms with Gasteiger partial charge in [-0.3, -0.25) is 4.79 Å². The second-order valence-corrected chi connectivity index (χ2v) is 3.29. The van der Waals surface area contributed by atoms with Crippen LogP contribution in [0.2, 0.25) is 0 Å². The van der Waals surface area contributed by atoms with E-state index >= 15 is 0 Å². The first kappa shape index (κ1) is 11.5. The van der Waals surface area contributed by atoms with Gasteiger partial charge in [-0.05, 0) is 24.6 Å². The molecule has 1 atom stereocenters. The molecule has 1 rings (SSSR count). The highest BCUT2D eigenvalue weighted by Crippen LogP contribution is 2.10. The summed E-state index contributed by atoms with van der Waals surface area (Å²) in [7, 11) is 1.61. The zero-order valence-corrected chi connectivity index (χ0v) is 8.86. The van der Waals surface area contributed by atoms with E-state index in [4.69, 9.17) is 9.84 Å². The third kappa shape index (κ3) is 3.59. The van der Waals surface area contributed by atoms with Gasteiger partial charge < -0.3 is 15.2 Å². The van der Waals surface area contributed by atoms with Crippen molar-refractivity contribution in [2.45, 2.75) is 19.5 Å².